The first-order chi connectivity index (χ1) is 5.34. The average molecular weight is 174 g/mol. The molecule has 0 spiro atoms. The Labute approximate surface area is 72.7 Å². The molecule has 0 unspecified atom stereocenters. The van der Waals surface area contributed by atoms with Gasteiger partial charge in [-0.25, -0.2) is 0 Å². The Morgan fingerprint density at radius 3 is 2.82 bits per heavy atom. The molecule has 0 saturated carbocycles. The second-order valence-electron chi connectivity index (χ2n) is 2.57. The topological polar surface area (TPSA) is 24.5 Å². The summed E-state index contributed by atoms with van der Waals surface area (Å²) in [5.41, 5.74) is 0. The van der Waals surface area contributed by atoms with Crippen LogP contribution in [0, 0.1) is 0 Å². The van der Waals surface area contributed by atoms with Crippen LogP contribution in [0.4, 0.5) is 0 Å². The van der Waals surface area contributed by atoms with Crippen molar-refractivity contribution in [2.24, 2.45) is 0 Å². The van der Waals surface area contributed by atoms with Crippen LogP contribution < -0.4 is 5.32 Å². The van der Waals surface area contributed by atoms with Crippen LogP contribution in [-0.4, -0.2) is 43.4 Å². The molecule has 0 aromatic heterocycles. The van der Waals surface area contributed by atoms with E-state index in [2.05, 4.69) is 10.2 Å². The number of ether oxygens (including phenoxy) is 1. The van der Waals surface area contributed by atoms with Crippen molar-refractivity contribution in [3.63, 3.8) is 0 Å². The monoisotopic (exact) mass is 174 g/mol. The van der Waals surface area contributed by atoms with Gasteiger partial charge in [-0.05, 0) is 18.6 Å². The number of nitrogens with one attached hydrogen (secondary N) is 1. The van der Waals surface area contributed by atoms with Crippen LogP contribution >= 0.6 is 12.2 Å². The molecule has 3 nitrogen and oxygen atoms in total. The number of nitrogens with zero attached hydrogens (tertiary/aromatic N) is 1. The SMILES string of the molecule is COCCNC(=S)N1CCC1. The fraction of sp³-hybridized carbons (Fsp3) is 0.857. The zero-order chi connectivity index (χ0) is 8.10. The molecule has 11 heavy (non-hydrogen) atoms. The summed E-state index contributed by atoms with van der Waals surface area (Å²) in [6.07, 6.45) is 1.27. The van der Waals surface area contributed by atoms with E-state index < -0.39 is 0 Å². The maximum atomic E-state index is 5.10. The third-order valence-corrected chi connectivity index (χ3v) is 2.13. The first-order valence-corrected chi connectivity index (χ1v) is 4.27. The van der Waals surface area contributed by atoms with Crippen LogP contribution in [0.1, 0.15) is 6.42 Å². The Kier molecular flexibility index (Phi) is 3.59. The van der Waals surface area contributed by atoms with Crippen molar-refractivity contribution in [3.8, 4) is 0 Å². The predicted octanol–water partition coefficient (Wildman–Crippen LogP) is 0.213. The zero-order valence-corrected chi connectivity index (χ0v) is 7.62. The molecule has 1 N–H and O–H groups in total. The molecular formula is C7H14N2OS. The standard InChI is InChI=1S/C7H14N2OS/c1-10-6-3-8-7(11)9-4-2-5-9/h2-6H2,1H3,(H,8,11). The number of hydrogen-bond donors (Lipinski definition) is 1. The van der Waals surface area contributed by atoms with Gasteiger partial charge in [0.1, 0.15) is 0 Å². The highest BCUT2D eigenvalue weighted by molar-refractivity contribution is 7.80. The molecule has 0 aromatic carbocycles. The molecule has 0 amide bonds. The quantitative estimate of drug-likeness (QED) is 0.488. The summed E-state index contributed by atoms with van der Waals surface area (Å²) in [6.45, 7) is 3.75. The number of hydrogen-bond acceptors (Lipinski definition) is 2. The molecule has 0 aliphatic carbocycles. The second kappa shape index (κ2) is 4.51. The van der Waals surface area contributed by atoms with Crippen LogP contribution in [0.25, 0.3) is 0 Å². The van der Waals surface area contributed by atoms with Gasteiger partial charge in [0.25, 0.3) is 0 Å². The maximum absolute atomic E-state index is 5.10. The van der Waals surface area contributed by atoms with E-state index in [1.807, 2.05) is 0 Å². The predicted molar refractivity (Wildman–Crippen MR) is 48.7 cm³/mol. The van der Waals surface area contributed by atoms with E-state index in [0.29, 0.717) is 6.61 Å². The molecule has 1 aliphatic rings. The van der Waals surface area contributed by atoms with E-state index in [-0.39, 0.29) is 0 Å². The molecule has 1 aliphatic heterocycles. The molecule has 1 fully saturated rings. The van der Waals surface area contributed by atoms with Gasteiger partial charge in [0.2, 0.25) is 0 Å². The lowest BCUT2D eigenvalue weighted by Gasteiger charge is -2.33. The summed E-state index contributed by atoms with van der Waals surface area (Å²) >= 11 is 5.10. The minimum absolute atomic E-state index is 0.716. The first kappa shape index (κ1) is 8.74. The van der Waals surface area contributed by atoms with Crippen LogP contribution in [0.5, 0.6) is 0 Å². The summed E-state index contributed by atoms with van der Waals surface area (Å²) in [5.74, 6) is 0. The summed E-state index contributed by atoms with van der Waals surface area (Å²) in [6, 6.07) is 0. The van der Waals surface area contributed by atoms with Gasteiger partial charge in [0.15, 0.2) is 5.11 Å². The zero-order valence-electron chi connectivity index (χ0n) is 6.80. The van der Waals surface area contributed by atoms with E-state index in [1.165, 1.54) is 6.42 Å². The van der Waals surface area contributed by atoms with Crippen LogP contribution in [0.3, 0.4) is 0 Å². The minimum atomic E-state index is 0.716. The summed E-state index contributed by atoms with van der Waals surface area (Å²) < 4.78 is 4.88. The fourth-order valence-electron chi connectivity index (χ4n) is 0.891. The van der Waals surface area contributed by atoms with Crippen LogP contribution in [0.15, 0.2) is 0 Å². The Morgan fingerprint density at radius 1 is 1.64 bits per heavy atom. The van der Waals surface area contributed by atoms with E-state index in [9.17, 15) is 0 Å². The van der Waals surface area contributed by atoms with Crippen molar-refractivity contribution >= 4 is 17.3 Å². The lowest BCUT2D eigenvalue weighted by atomic mass is 10.2. The molecule has 1 heterocycles. The van der Waals surface area contributed by atoms with Gasteiger partial charge < -0.3 is 15.0 Å². The van der Waals surface area contributed by atoms with Crippen molar-refractivity contribution in [2.75, 3.05) is 33.4 Å². The Morgan fingerprint density at radius 2 is 2.36 bits per heavy atom. The number of likely N-dealkylation sites (tertiary alicyclic amines) is 1. The normalized spacial score (nSPS) is 15.9. The minimum Gasteiger partial charge on any atom is -0.383 e. The van der Waals surface area contributed by atoms with E-state index in [1.54, 1.807) is 7.11 Å². The first-order valence-electron chi connectivity index (χ1n) is 3.86. The molecule has 0 bridgehead atoms. The van der Waals surface area contributed by atoms with Crippen molar-refractivity contribution in [3.05, 3.63) is 0 Å². The van der Waals surface area contributed by atoms with Crippen molar-refractivity contribution < 1.29 is 4.74 Å². The largest absolute Gasteiger partial charge is 0.383 e. The maximum Gasteiger partial charge on any atom is 0.169 e. The molecule has 4 heteroatoms. The molecule has 0 atom stereocenters. The van der Waals surface area contributed by atoms with Gasteiger partial charge in [-0.1, -0.05) is 0 Å². The Bertz CT molecular complexity index is 136. The highest BCUT2D eigenvalue weighted by Gasteiger charge is 2.15. The lowest BCUT2D eigenvalue weighted by molar-refractivity contribution is 0.201. The molecule has 1 rings (SSSR count). The van der Waals surface area contributed by atoms with Crippen LogP contribution in [0.2, 0.25) is 0 Å². The van der Waals surface area contributed by atoms with E-state index >= 15 is 0 Å². The van der Waals surface area contributed by atoms with Crippen molar-refractivity contribution in [2.45, 2.75) is 6.42 Å². The van der Waals surface area contributed by atoms with Crippen molar-refractivity contribution in [1.82, 2.24) is 10.2 Å². The molecular weight excluding hydrogens is 160 g/mol. The molecule has 0 radical (unpaired) electrons. The lowest BCUT2D eigenvalue weighted by Crippen LogP contribution is -2.48. The summed E-state index contributed by atoms with van der Waals surface area (Å²) in [5, 5.41) is 3.99. The molecule has 64 valence electrons. The van der Waals surface area contributed by atoms with Gasteiger partial charge in [-0.2, -0.15) is 0 Å². The molecule has 0 aromatic rings. The van der Waals surface area contributed by atoms with Crippen molar-refractivity contribution in [1.29, 1.82) is 0 Å². The average Bonchev–Trinajstić information content (AvgIpc) is 1.84. The van der Waals surface area contributed by atoms with Crippen LogP contribution in [-0.2, 0) is 4.74 Å². The summed E-state index contributed by atoms with van der Waals surface area (Å²) in [7, 11) is 1.69. The van der Waals surface area contributed by atoms with Gasteiger partial charge in [0, 0.05) is 26.7 Å². The van der Waals surface area contributed by atoms with Gasteiger partial charge in [-0.3, -0.25) is 0 Å². The number of rotatable bonds is 3. The Balaban J connectivity index is 2.01. The number of methoxy groups -OCH3 is 1. The third-order valence-electron chi connectivity index (χ3n) is 1.73. The van der Waals surface area contributed by atoms with E-state index in [0.717, 1.165) is 24.7 Å². The third kappa shape index (κ3) is 2.63. The summed E-state index contributed by atoms with van der Waals surface area (Å²) in [4.78, 5) is 2.16. The smallest absolute Gasteiger partial charge is 0.169 e. The molecule has 1 saturated heterocycles. The number of thiocarbonyl (C=S) groups is 1. The van der Waals surface area contributed by atoms with Gasteiger partial charge >= 0.3 is 0 Å². The fourth-order valence-corrected chi connectivity index (χ4v) is 1.18. The highest BCUT2D eigenvalue weighted by atomic mass is 32.1. The second-order valence-corrected chi connectivity index (χ2v) is 2.95. The van der Waals surface area contributed by atoms with E-state index in [4.69, 9.17) is 17.0 Å². The Hall–Kier alpha value is -0.350. The van der Waals surface area contributed by atoms with Gasteiger partial charge in [0.05, 0.1) is 6.61 Å². The highest BCUT2D eigenvalue weighted by Crippen LogP contribution is 2.04. The van der Waals surface area contributed by atoms with Gasteiger partial charge in [-0.15, -0.1) is 0 Å².